The summed E-state index contributed by atoms with van der Waals surface area (Å²) in [6.45, 7) is 2.29. The molecular weight excluding hydrogens is 458 g/mol. The molecule has 1 aromatic heterocycles. The number of fused-ring (bicyclic) bond motifs is 1. The van der Waals surface area contributed by atoms with Crippen molar-refractivity contribution in [3.8, 4) is 11.8 Å². The Morgan fingerprint density at radius 2 is 2.19 bits per heavy atom. The molecule has 3 amide bonds. The molecule has 0 aliphatic carbocycles. The van der Waals surface area contributed by atoms with Crippen LogP contribution in [0.25, 0.3) is 0 Å². The quantitative estimate of drug-likeness (QED) is 0.444. The number of urea groups is 1. The van der Waals surface area contributed by atoms with Crippen molar-refractivity contribution in [3.63, 3.8) is 0 Å². The molecule has 4 rings (SSSR count). The number of nitrogens with zero attached hydrogens (tertiary/aromatic N) is 3. The van der Waals surface area contributed by atoms with Gasteiger partial charge >= 0.3 is 6.03 Å². The minimum absolute atomic E-state index is 0.193. The standard InChI is InChI=1S/C27H29N5O4/c1-18-4-3-5-22(30-18)12-20(14-28)15-29-26(34)31-23-9-8-21-7-6-19(10-11-27(35)16-36-17-27)13-24(21)32(2)25(23)33/h3-7,13-15,23,35H,8-9,12,16-17,28H2,1-2H3,(H,31,34)/b20-14-,29-15+. The Bertz CT molecular complexity index is 1290. The van der Waals surface area contributed by atoms with Crippen molar-refractivity contribution in [2.75, 3.05) is 25.2 Å². The number of aryl methyl sites for hydroxylation is 2. The average molecular weight is 488 g/mol. The fraction of sp³-hybridized carbons (Fsp3) is 0.333. The summed E-state index contributed by atoms with van der Waals surface area (Å²) >= 11 is 0. The maximum Gasteiger partial charge on any atom is 0.341 e. The lowest BCUT2D eigenvalue weighted by molar-refractivity contribution is -0.140. The second-order valence-corrected chi connectivity index (χ2v) is 9.00. The van der Waals surface area contributed by atoms with Crippen LogP contribution in [0, 0.1) is 18.8 Å². The number of hydrogen-bond donors (Lipinski definition) is 3. The number of aliphatic imine (C=N–C) groups is 1. The lowest BCUT2D eigenvalue weighted by Gasteiger charge is -2.30. The molecule has 186 valence electrons. The smallest absolute Gasteiger partial charge is 0.341 e. The van der Waals surface area contributed by atoms with Crippen LogP contribution in [0.5, 0.6) is 0 Å². The molecule has 0 saturated carbocycles. The molecule has 1 fully saturated rings. The van der Waals surface area contributed by atoms with Crippen molar-refractivity contribution in [2.45, 2.75) is 37.8 Å². The number of carbonyl (C=O) groups is 2. The first-order valence-electron chi connectivity index (χ1n) is 11.7. The number of anilines is 1. The minimum Gasteiger partial charge on any atom is -0.404 e. The van der Waals surface area contributed by atoms with Gasteiger partial charge in [0, 0.05) is 42.3 Å². The van der Waals surface area contributed by atoms with Crippen LogP contribution in [0.1, 0.15) is 28.9 Å². The Hall–Kier alpha value is -4.00. The zero-order valence-corrected chi connectivity index (χ0v) is 20.3. The number of hydrogen-bond acceptors (Lipinski definition) is 6. The second kappa shape index (κ2) is 10.7. The van der Waals surface area contributed by atoms with E-state index in [4.69, 9.17) is 10.5 Å². The number of allylic oxidation sites excluding steroid dienone is 1. The second-order valence-electron chi connectivity index (χ2n) is 9.00. The summed E-state index contributed by atoms with van der Waals surface area (Å²) in [5, 5.41) is 12.8. The van der Waals surface area contributed by atoms with Gasteiger partial charge in [0.25, 0.3) is 0 Å². The molecule has 4 N–H and O–H groups in total. The number of carbonyl (C=O) groups excluding carboxylic acids is 2. The lowest BCUT2D eigenvalue weighted by atomic mass is 10.0. The number of aliphatic hydroxyl groups is 1. The molecular formula is C27H29N5O4. The highest BCUT2D eigenvalue weighted by Gasteiger charge is 2.34. The van der Waals surface area contributed by atoms with E-state index < -0.39 is 17.7 Å². The third-order valence-corrected chi connectivity index (χ3v) is 6.09. The van der Waals surface area contributed by atoms with Crippen molar-refractivity contribution in [1.29, 1.82) is 0 Å². The lowest BCUT2D eigenvalue weighted by Crippen LogP contribution is -2.48. The summed E-state index contributed by atoms with van der Waals surface area (Å²) < 4.78 is 5.01. The molecule has 2 aromatic rings. The fourth-order valence-corrected chi connectivity index (χ4v) is 4.01. The molecule has 3 heterocycles. The van der Waals surface area contributed by atoms with Crippen molar-refractivity contribution in [2.24, 2.45) is 10.7 Å². The van der Waals surface area contributed by atoms with Crippen molar-refractivity contribution in [1.82, 2.24) is 10.3 Å². The number of benzene rings is 1. The van der Waals surface area contributed by atoms with E-state index in [1.807, 2.05) is 43.3 Å². The van der Waals surface area contributed by atoms with E-state index in [0.29, 0.717) is 30.4 Å². The Morgan fingerprint density at radius 1 is 1.39 bits per heavy atom. The Kier molecular flexibility index (Phi) is 7.48. The molecule has 0 radical (unpaired) electrons. The number of amides is 3. The SMILES string of the molecule is Cc1cccc(CC(=C/N)/C=N/C(=O)NC2CCc3ccc(C#CC4(O)COC4)cc3N(C)C2=O)n1. The van der Waals surface area contributed by atoms with Gasteiger partial charge in [-0.1, -0.05) is 24.0 Å². The van der Waals surface area contributed by atoms with E-state index in [-0.39, 0.29) is 19.1 Å². The normalized spacial score (nSPS) is 19.1. The molecule has 0 bridgehead atoms. The Labute approximate surface area is 210 Å². The number of ether oxygens (including phenoxy) is 1. The van der Waals surface area contributed by atoms with Gasteiger partial charge in [0.05, 0.1) is 13.2 Å². The number of aromatic nitrogens is 1. The van der Waals surface area contributed by atoms with Crippen LogP contribution in [-0.2, 0) is 22.4 Å². The van der Waals surface area contributed by atoms with Crippen molar-refractivity contribution < 1.29 is 19.4 Å². The average Bonchev–Trinajstić information content (AvgIpc) is 2.96. The number of pyridine rings is 1. The third kappa shape index (κ3) is 5.97. The summed E-state index contributed by atoms with van der Waals surface area (Å²) in [5.74, 6) is 5.55. The van der Waals surface area contributed by atoms with Crippen molar-refractivity contribution >= 4 is 23.8 Å². The largest absolute Gasteiger partial charge is 0.404 e. The topological polar surface area (TPSA) is 130 Å². The van der Waals surface area contributed by atoms with E-state index in [2.05, 4.69) is 27.1 Å². The Balaban J connectivity index is 1.40. The minimum atomic E-state index is -1.11. The zero-order chi connectivity index (χ0) is 25.7. The fourth-order valence-electron chi connectivity index (χ4n) is 4.01. The number of rotatable bonds is 4. The van der Waals surface area contributed by atoms with Crippen LogP contribution in [-0.4, -0.2) is 60.1 Å². The highest BCUT2D eigenvalue weighted by molar-refractivity contribution is 6.01. The number of nitrogens with one attached hydrogen (secondary N) is 1. The first-order valence-corrected chi connectivity index (χ1v) is 11.7. The monoisotopic (exact) mass is 487 g/mol. The summed E-state index contributed by atoms with van der Waals surface area (Å²) in [6, 6.07) is 9.95. The van der Waals surface area contributed by atoms with Gasteiger partial charge < -0.3 is 25.8 Å². The first-order chi connectivity index (χ1) is 17.3. The van der Waals surface area contributed by atoms with Gasteiger partial charge in [-0.15, -0.1) is 0 Å². The molecule has 2 aliphatic heterocycles. The first kappa shape index (κ1) is 25.1. The highest BCUT2D eigenvalue weighted by Crippen LogP contribution is 2.27. The van der Waals surface area contributed by atoms with E-state index >= 15 is 0 Å². The summed E-state index contributed by atoms with van der Waals surface area (Å²) in [6.07, 6.45) is 4.25. The summed E-state index contributed by atoms with van der Waals surface area (Å²) in [7, 11) is 1.67. The molecule has 0 spiro atoms. The van der Waals surface area contributed by atoms with E-state index in [0.717, 1.165) is 22.6 Å². The van der Waals surface area contributed by atoms with Crippen LogP contribution in [0.4, 0.5) is 10.5 Å². The van der Waals surface area contributed by atoms with Crippen LogP contribution in [0.3, 0.4) is 0 Å². The summed E-state index contributed by atoms with van der Waals surface area (Å²) in [5.41, 5.74) is 9.31. The van der Waals surface area contributed by atoms with Gasteiger partial charge in [0.1, 0.15) is 6.04 Å². The molecule has 1 atom stereocenters. The maximum atomic E-state index is 13.1. The highest BCUT2D eigenvalue weighted by atomic mass is 16.5. The molecule has 36 heavy (non-hydrogen) atoms. The Morgan fingerprint density at radius 3 is 2.89 bits per heavy atom. The van der Waals surface area contributed by atoms with Crippen LogP contribution >= 0.6 is 0 Å². The predicted molar refractivity (Wildman–Crippen MR) is 137 cm³/mol. The van der Waals surface area contributed by atoms with Gasteiger partial charge in [0.2, 0.25) is 5.91 Å². The molecule has 9 nitrogen and oxygen atoms in total. The molecule has 1 aromatic carbocycles. The van der Waals surface area contributed by atoms with Crippen LogP contribution < -0.4 is 16.0 Å². The number of nitrogens with two attached hydrogens (primary N) is 1. The van der Waals surface area contributed by atoms with Crippen LogP contribution in [0.15, 0.2) is 53.2 Å². The zero-order valence-electron chi connectivity index (χ0n) is 20.3. The van der Waals surface area contributed by atoms with Gasteiger partial charge in [-0.05, 0) is 61.4 Å². The third-order valence-electron chi connectivity index (χ3n) is 6.09. The maximum absolute atomic E-state index is 13.1. The number of likely N-dealkylation sites (N-methyl/N-ethyl adjacent to an activating group) is 1. The van der Waals surface area contributed by atoms with Gasteiger partial charge in [-0.3, -0.25) is 9.78 Å². The van der Waals surface area contributed by atoms with E-state index in [9.17, 15) is 14.7 Å². The predicted octanol–water partition coefficient (Wildman–Crippen LogP) is 1.65. The molecule has 1 unspecified atom stereocenters. The van der Waals surface area contributed by atoms with Crippen LogP contribution in [0.2, 0.25) is 0 Å². The molecule has 9 heteroatoms. The van der Waals surface area contributed by atoms with E-state index in [1.54, 1.807) is 7.05 Å². The van der Waals surface area contributed by atoms with Gasteiger partial charge in [-0.2, -0.15) is 0 Å². The summed E-state index contributed by atoms with van der Waals surface area (Å²) in [4.78, 5) is 35.6. The molecule has 1 saturated heterocycles. The van der Waals surface area contributed by atoms with Crippen molar-refractivity contribution in [3.05, 3.63) is 70.7 Å². The molecule has 2 aliphatic rings. The van der Waals surface area contributed by atoms with Gasteiger partial charge in [0.15, 0.2) is 5.60 Å². The van der Waals surface area contributed by atoms with Gasteiger partial charge in [-0.25, -0.2) is 9.79 Å². The van der Waals surface area contributed by atoms with E-state index in [1.165, 1.54) is 17.3 Å².